The lowest BCUT2D eigenvalue weighted by atomic mass is 10.0. The Morgan fingerprint density at radius 1 is 0.294 bits per heavy atom. The highest BCUT2D eigenvalue weighted by Gasteiger charge is 2.19. The second kappa shape index (κ2) is 57.5. The van der Waals surface area contributed by atoms with E-state index in [2.05, 4.69) is 45.1 Å². The van der Waals surface area contributed by atoms with Crippen molar-refractivity contribution in [1.29, 1.82) is 0 Å². The van der Waals surface area contributed by atoms with Gasteiger partial charge in [-0.3, -0.25) is 14.4 Å². The molecule has 68 heavy (non-hydrogen) atoms. The summed E-state index contributed by atoms with van der Waals surface area (Å²) in [5.41, 5.74) is 0. The van der Waals surface area contributed by atoms with Gasteiger partial charge in [0.05, 0.1) is 0 Å². The fourth-order valence-corrected chi connectivity index (χ4v) is 9.12. The highest BCUT2D eigenvalue weighted by Crippen LogP contribution is 2.17. The smallest absolute Gasteiger partial charge is 0.306 e. The first-order valence-corrected chi connectivity index (χ1v) is 30.3. The van der Waals surface area contributed by atoms with E-state index in [9.17, 15) is 14.4 Å². The van der Waals surface area contributed by atoms with E-state index in [0.717, 1.165) is 64.2 Å². The third kappa shape index (κ3) is 54.8. The third-order valence-electron chi connectivity index (χ3n) is 13.7. The van der Waals surface area contributed by atoms with E-state index in [1.807, 2.05) is 0 Å². The molecule has 0 aliphatic rings. The van der Waals surface area contributed by atoms with Crippen LogP contribution in [0.5, 0.6) is 0 Å². The van der Waals surface area contributed by atoms with Gasteiger partial charge in [-0.1, -0.05) is 289 Å². The fraction of sp³-hybridized carbons (Fsp3) is 0.887. The van der Waals surface area contributed by atoms with E-state index < -0.39 is 6.10 Å². The number of esters is 3. The van der Waals surface area contributed by atoms with Gasteiger partial charge in [-0.25, -0.2) is 0 Å². The van der Waals surface area contributed by atoms with E-state index in [1.54, 1.807) is 0 Å². The molecule has 1 unspecified atom stereocenters. The van der Waals surface area contributed by atoms with Crippen LogP contribution in [0.1, 0.15) is 335 Å². The summed E-state index contributed by atoms with van der Waals surface area (Å²) in [5, 5.41) is 0. The lowest BCUT2D eigenvalue weighted by Crippen LogP contribution is -2.30. The maximum atomic E-state index is 12.8. The summed E-state index contributed by atoms with van der Waals surface area (Å²) in [7, 11) is 0. The molecule has 0 N–H and O–H groups in total. The molecule has 400 valence electrons. The predicted octanol–water partition coefficient (Wildman–Crippen LogP) is 20.3. The first-order valence-electron chi connectivity index (χ1n) is 30.3. The van der Waals surface area contributed by atoms with Crippen LogP contribution in [-0.2, 0) is 28.6 Å². The van der Waals surface area contributed by atoms with Crippen LogP contribution in [0.4, 0.5) is 0 Å². The van der Waals surface area contributed by atoms with Crippen LogP contribution in [0.3, 0.4) is 0 Å². The molecule has 0 aliphatic carbocycles. The van der Waals surface area contributed by atoms with Crippen LogP contribution in [0.15, 0.2) is 24.3 Å². The Balaban J connectivity index is 4.17. The number of hydrogen-bond donors (Lipinski definition) is 0. The third-order valence-corrected chi connectivity index (χ3v) is 13.7. The zero-order chi connectivity index (χ0) is 49.3. The summed E-state index contributed by atoms with van der Waals surface area (Å²) in [6.07, 6.45) is 67.6. The van der Waals surface area contributed by atoms with Gasteiger partial charge in [-0.2, -0.15) is 0 Å². The molecule has 1 atom stereocenters. The quantitative estimate of drug-likeness (QED) is 0.0262. The lowest BCUT2D eigenvalue weighted by Gasteiger charge is -2.18. The molecule has 0 aromatic carbocycles. The highest BCUT2D eigenvalue weighted by molar-refractivity contribution is 5.71. The zero-order valence-corrected chi connectivity index (χ0v) is 45.9. The Kier molecular flexibility index (Phi) is 55.7. The number of carbonyl (C=O) groups is 3. The molecule has 0 spiro atoms. The molecule has 0 bridgehead atoms. The van der Waals surface area contributed by atoms with Crippen molar-refractivity contribution < 1.29 is 28.6 Å². The van der Waals surface area contributed by atoms with Gasteiger partial charge < -0.3 is 14.2 Å². The second-order valence-corrected chi connectivity index (χ2v) is 20.6. The summed E-state index contributed by atoms with van der Waals surface area (Å²) in [4.78, 5) is 38.1. The lowest BCUT2D eigenvalue weighted by molar-refractivity contribution is -0.167. The molecule has 0 fully saturated rings. The SMILES string of the molecule is CCCCCCC/C=C\C/C=C\CCCCCCCCCCCC(=O)OCC(COC(=O)CCCCCCCCCC)OC(=O)CCCCCCCCCCCCCCCCCCCCCCC. The second-order valence-electron chi connectivity index (χ2n) is 20.6. The minimum Gasteiger partial charge on any atom is -0.462 e. The number of rotatable bonds is 56. The zero-order valence-electron chi connectivity index (χ0n) is 45.9. The minimum atomic E-state index is -0.767. The van der Waals surface area contributed by atoms with Gasteiger partial charge in [-0.15, -0.1) is 0 Å². The molecular formula is C62H116O6. The standard InChI is InChI=1S/C62H116O6/c1-4-7-10-13-16-19-21-23-25-27-29-31-33-35-37-39-41-43-46-49-52-55-61(64)67-58-59(57-66-60(63)54-51-48-45-18-15-12-9-6-3)68-62(65)56-53-50-47-44-42-40-38-36-34-32-30-28-26-24-22-20-17-14-11-8-5-2/h21,23,27,29,59H,4-20,22,24-26,28,30-58H2,1-3H3/b23-21-,29-27-. The molecular weight excluding hydrogens is 841 g/mol. The van der Waals surface area contributed by atoms with Crippen LogP contribution >= 0.6 is 0 Å². The molecule has 0 aromatic heterocycles. The maximum absolute atomic E-state index is 12.8. The molecule has 0 rings (SSSR count). The van der Waals surface area contributed by atoms with Crippen molar-refractivity contribution in [3.8, 4) is 0 Å². The maximum Gasteiger partial charge on any atom is 0.306 e. The average Bonchev–Trinajstić information content (AvgIpc) is 3.34. The van der Waals surface area contributed by atoms with Crippen molar-refractivity contribution in [3.63, 3.8) is 0 Å². The van der Waals surface area contributed by atoms with Gasteiger partial charge in [0.2, 0.25) is 0 Å². The van der Waals surface area contributed by atoms with Crippen LogP contribution in [-0.4, -0.2) is 37.2 Å². The molecule has 6 nitrogen and oxygen atoms in total. The topological polar surface area (TPSA) is 78.9 Å². The number of carbonyl (C=O) groups excluding carboxylic acids is 3. The van der Waals surface area contributed by atoms with E-state index in [-0.39, 0.29) is 31.1 Å². The van der Waals surface area contributed by atoms with Crippen molar-refractivity contribution in [3.05, 3.63) is 24.3 Å². The van der Waals surface area contributed by atoms with Gasteiger partial charge in [0, 0.05) is 19.3 Å². The Morgan fingerprint density at radius 2 is 0.529 bits per heavy atom. The number of hydrogen-bond acceptors (Lipinski definition) is 6. The average molecular weight is 958 g/mol. The Hall–Kier alpha value is -2.11. The normalized spacial score (nSPS) is 12.1. The van der Waals surface area contributed by atoms with Crippen molar-refractivity contribution in [2.75, 3.05) is 13.2 Å². The number of ether oxygens (including phenoxy) is 3. The largest absolute Gasteiger partial charge is 0.462 e. The van der Waals surface area contributed by atoms with Crippen LogP contribution < -0.4 is 0 Å². The number of unbranched alkanes of at least 4 members (excludes halogenated alkanes) is 41. The minimum absolute atomic E-state index is 0.0676. The molecule has 0 aromatic rings. The van der Waals surface area contributed by atoms with Crippen LogP contribution in [0, 0.1) is 0 Å². The van der Waals surface area contributed by atoms with Gasteiger partial charge in [0.15, 0.2) is 6.10 Å². The Labute approximate surface area is 423 Å². The van der Waals surface area contributed by atoms with Gasteiger partial charge in [0.1, 0.15) is 13.2 Å². The Morgan fingerprint density at radius 3 is 0.809 bits per heavy atom. The summed E-state index contributed by atoms with van der Waals surface area (Å²) in [6, 6.07) is 0. The first-order chi connectivity index (χ1) is 33.5. The van der Waals surface area contributed by atoms with Crippen LogP contribution in [0.25, 0.3) is 0 Å². The summed E-state index contributed by atoms with van der Waals surface area (Å²) in [5.74, 6) is -0.854. The molecule has 0 aliphatic heterocycles. The summed E-state index contributed by atoms with van der Waals surface area (Å²) < 4.78 is 16.8. The van der Waals surface area contributed by atoms with E-state index in [0.29, 0.717) is 19.3 Å². The van der Waals surface area contributed by atoms with Gasteiger partial charge in [0.25, 0.3) is 0 Å². The van der Waals surface area contributed by atoms with Gasteiger partial charge >= 0.3 is 17.9 Å². The van der Waals surface area contributed by atoms with Crippen LogP contribution in [0.2, 0.25) is 0 Å². The molecule has 0 amide bonds. The van der Waals surface area contributed by atoms with E-state index >= 15 is 0 Å². The molecule has 0 saturated carbocycles. The molecule has 0 saturated heterocycles. The van der Waals surface area contributed by atoms with E-state index in [1.165, 1.54) is 231 Å². The first kappa shape index (κ1) is 65.9. The summed E-state index contributed by atoms with van der Waals surface area (Å²) >= 11 is 0. The monoisotopic (exact) mass is 957 g/mol. The van der Waals surface area contributed by atoms with E-state index in [4.69, 9.17) is 14.2 Å². The molecule has 0 heterocycles. The molecule has 0 radical (unpaired) electrons. The molecule has 6 heteroatoms. The van der Waals surface area contributed by atoms with Crippen molar-refractivity contribution in [1.82, 2.24) is 0 Å². The van der Waals surface area contributed by atoms with Crippen molar-refractivity contribution >= 4 is 17.9 Å². The van der Waals surface area contributed by atoms with Gasteiger partial charge in [-0.05, 0) is 51.4 Å². The van der Waals surface area contributed by atoms with Crippen molar-refractivity contribution in [2.45, 2.75) is 341 Å². The van der Waals surface area contributed by atoms with Crippen molar-refractivity contribution in [2.24, 2.45) is 0 Å². The predicted molar refractivity (Wildman–Crippen MR) is 293 cm³/mol. The fourth-order valence-electron chi connectivity index (χ4n) is 9.12. The Bertz CT molecular complexity index is 1100. The number of allylic oxidation sites excluding steroid dienone is 4. The highest BCUT2D eigenvalue weighted by atomic mass is 16.6. The summed E-state index contributed by atoms with van der Waals surface area (Å²) in [6.45, 7) is 6.65.